The van der Waals surface area contributed by atoms with Crippen LogP contribution in [0.1, 0.15) is 30.9 Å². The molecule has 0 aliphatic carbocycles. The number of hydrogen-bond donors (Lipinski definition) is 1. The van der Waals surface area contributed by atoms with E-state index in [1.807, 2.05) is 17.0 Å². The first-order valence-corrected chi connectivity index (χ1v) is 7.73. The molecule has 0 spiro atoms. The van der Waals surface area contributed by atoms with Gasteiger partial charge in [0, 0.05) is 13.1 Å². The van der Waals surface area contributed by atoms with Crippen molar-refractivity contribution in [2.24, 2.45) is 5.92 Å². The van der Waals surface area contributed by atoms with Gasteiger partial charge in [-0.05, 0) is 44.3 Å². The summed E-state index contributed by atoms with van der Waals surface area (Å²) in [6, 6.07) is 8.25. The Morgan fingerprint density at radius 3 is 2.67 bits per heavy atom. The van der Waals surface area contributed by atoms with Crippen LogP contribution < -0.4 is 5.32 Å². The van der Waals surface area contributed by atoms with Crippen LogP contribution in [0.4, 0.5) is 0 Å². The van der Waals surface area contributed by atoms with Gasteiger partial charge >= 0.3 is 0 Å². The molecule has 21 heavy (non-hydrogen) atoms. The Morgan fingerprint density at radius 1 is 1.33 bits per heavy atom. The van der Waals surface area contributed by atoms with Gasteiger partial charge < -0.3 is 10.2 Å². The van der Waals surface area contributed by atoms with Gasteiger partial charge in [0.05, 0.1) is 6.42 Å². The largest absolute Gasteiger partial charge is 0.342 e. The minimum atomic E-state index is 0. The minimum absolute atomic E-state index is 0. The Balaban J connectivity index is 0.00000220. The number of hydrogen-bond acceptors (Lipinski definition) is 2. The summed E-state index contributed by atoms with van der Waals surface area (Å²) in [5.74, 6) is 1.01. The summed E-state index contributed by atoms with van der Waals surface area (Å²) in [5.41, 5.74) is 2.35. The van der Waals surface area contributed by atoms with E-state index in [-0.39, 0.29) is 18.3 Å². The van der Waals surface area contributed by atoms with Crippen molar-refractivity contribution in [1.29, 1.82) is 0 Å². The number of benzene rings is 1. The van der Waals surface area contributed by atoms with E-state index in [1.54, 1.807) is 0 Å². The summed E-state index contributed by atoms with van der Waals surface area (Å²) in [6.07, 6.45) is 2.80. The van der Waals surface area contributed by atoms with E-state index in [2.05, 4.69) is 31.3 Å². The topological polar surface area (TPSA) is 32.3 Å². The third-order valence-electron chi connectivity index (χ3n) is 4.09. The lowest BCUT2D eigenvalue weighted by Crippen LogP contribution is -2.41. The molecular weight excluding hydrogens is 284 g/mol. The monoisotopic (exact) mass is 310 g/mol. The van der Waals surface area contributed by atoms with Crippen molar-refractivity contribution in [3.63, 3.8) is 0 Å². The number of nitrogens with one attached hydrogen (secondary N) is 1. The van der Waals surface area contributed by atoms with E-state index in [9.17, 15) is 4.79 Å². The second-order valence-corrected chi connectivity index (χ2v) is 5.80. The molecule has 2 rings (SSSR count). The predicted molar refractivity (Wildman–Crippen MR) is 90.0 cm³/mol. The van der Waals surface area contributed by atoms with Crippen molar-refractivity contribution in [1.82, 2.24) is 10.2 Å². The zero-order valence-corrected chi connectivity index (χ0v) is 13.9. The van der Waals surface area contributed by atoms with Crippen LogP contribution >= 0.6 is 12.4 Å². The van der Waals surface area contributed by atoms with Crippen molar-refractivity contribution in [2.75, 3.05) is 26.2 Å². The molecular formula is C17H27ClN2O. The maximum atomic E-state index is 12.3. The standard InChI is InChI=1S/C17H26N2O.ClH/c1-3-18-13-15-7-9-19(10-8-15)17(20)12-16-6-4-5-14(2)11-16;/h4-6,11,15,18H,3,7-10,12-13H2,1-2H3;1H. The van der Waals surface area contributed by atoms with Gasteiger partial charge in [-0.25, -0.2) is 0 Å². The van der Waals surface area contributed by atoms with Gasteiger partial charge in [0.2, 0.25) is 5.91 Å². The summed E-state index contributed by atoms with van der Waals surface area (Å²) in [7, 11) is 0. The van der Waals surface area contributed by atoms with Gasteiger partial charge in [0.15, 0.2) is 0 Å². The molecule has 0 unspecified atom stereocenters. The van der Waals surface area contributed by atoms with Gasteiger partial charge in [-0.3, -0.25) is 4.79 Å². The van der Waals surface area contributed by atoms with Gasteiger partial charge in [-0.1, -0.05) is 36.8 Å². The van der Waals surface area contributed by atoms with Crippen LogP contribution in [0.25, 0.3) is 0 Å². The van der Waals surface area contributed by atoms with Crippen molar-refractivity contribution in [2.45, 2.75) is 33.1 Å². The molecule has 1 aromatic rings. The van der Waals surface area contributed by atoms with Gasteiger partial charge in [-0.2, -0.15) is 0 Å². The zero-order valence-electron chi connectivity index (χ0n) is 13.1. The normalized spacial score (nSPS) is 15.6. The Morgan fingerprint density at radius 2 is 2.05 bits per heavy atom. The lowest BCUT2D eigenvalue weighted by Gasteiger charge is -2.32. The molecule has 0 radical (unpaired) electrons. The first kappa shape index (κ1) is 18.0. The highest BCUT2D eigenvalue weighted by Gasteiger charge is 2.22. The second kappa shape index (κ2) is 9.06. The highest BCUT2D eigenvalue weighted by molar-refractivity contribution is 5.85. The number of rotatable bonds is 5. The highest BCUT2D eigenvalue weighted by atomic mass is 35.5. The fourth-order valence-corrected chi connectivity index (χ4v) is 2.84. The molecule has 0 saturated carbocycles. The maximum Gasteiger partial charge on any atom is 0.226 e. The van der Waals surface area contributed by atoms with Crippen LogP contribution in [0.5, 0.6) is 0 Å². The summed E-state index contributed by atoms with van der Waals surface area (Å²) >= 11 is 0. The molecule has 1 amide bonds. The third kappa shape index (κ3) is 5.68. The third-order valence-corrected chi connectivity index (χ3v) is 4.09. The Labute approximate surface area is 134 Å². The number of nitrogens with zero attached hydrogens (tertiary/aromatic N) is 1. The number of carbonyl (C=O) groups is 1. The van der Waals surface area contributed by atoms with E-state index in [0.29, 0.717) is 6.42 Å². The Bertz CT molecular complexity index is 442. The van der Waals surface area contributed by atoms with Gasteiger partial charge in [0.25, 0.3) is 0 Å². The van der Waals surface area contributed by atoms with Crippen LogP contribution in [-0.2, 0) is 11.2 Å². The van der Waals surface area contributed by atoms with Gasteiger partial charge in [0.1, 0.15) is 0 Å². The molecule has 1 aliphatic rings. The number of aryl methyl sites for hydroxylation is 1. The van der Waals surface area contributed by atoms with Crippen LogP contribution in [0, 0.1) is 12.8 Å². The highest BCUT2D eigenvalue weighted by Crippen LogP contribution is 2.17. The molecule has 4 heteroatoms. The number of likely N-dealkylation sites (tertiary alicyclic amines) is 1. The summed E-state index contributed by atoms with van der Waals surface area (Å²) in [5, 5.41) is 3.40. The zero-order chi connectivity index (χ0) is 14.4. The fourth-order valence-electron chi connectivity index (χ4n) is 2.84. The van der Waals surface area contributed by atoms with E-state index in [0.717, 1.165) is 50.5 Å². The fraction of sp³-hybridized carbons (Fsp3) is 0.588. The smallest absolute Gasteiger partial charge is 0.226 e. The lowest BCUT2D eigenvalue weighted by molar-refractivity contribution is -0.131. The predicted octanol–water partition coefficient (Wildman–Crippen LogP) is 2.81. The average Bonchev–Trinajstić information content (AvgIpc) is 2.45. The van der Waals surface area contributed by atoms with E-state index in [1.165, 1.54) is 5.56 Å². The van der Waals surface area contributed by atoms with Gasteiger partial charge in [-0.15, -0.1) is 12.4 Å². The van der Waals surface area contributed by atoms with Crippen LogP contribution in [0.15, 0.2) is 24.3 Å². The maximum absolute atomic E-state index is 12.3. The molecule has 0 bridgehead atoms. The SMILES string of the molecule is CCNCC1CCN(C(=O)Cc2cccc(C)c2)CC1.Cl. The summed E-state index contributed by atoms with van der Waals surface area (Å²) < 4.78 is 0. The molecule has 1 N–H and O–H groups in total. The van der Waals surface area contributed by atoms with Crippen molar-refractivity contribution >= 4 is 18.3 Å². The second-order valence-electron chi connectivity index (χ2n) is 5.80. The number of amides is 1. The molecule has 1 saturated heterocycles. The molecule has 1 fully saturated rings. The van der Waals surface area contributed by atoms with E-state index in [4.69, 9.17) is 0 Å². The minimum Gasteiger partial charge on any atom is -0.342 e. The van der Waals surface area contributed by atoms with Crippen molar-refractivity contribution < 1.29 is 4.79 Å². The Hall–Kier alpha value is -1.06. The molecule has 1 aliphatic heterocycles. The molecule has 3 nitrogen and oxygen atoms in total. The Kier molecular flexibility index (Phi) is 7.76. The molecule has 118 valence electrons. The van der Waals surface area contributed by atoms with E-state index < -0.39 is 0 Å². The van der Waals surface area contributed by atoms with Crippen LogP contribution in [0.2, 0.25) is 0 Å². The number of carbonyl (C=O) groups excluding carboxylic acids is 1. The van der Waals surface area contributed by atoms with Crippen LogP contribution in [-0.4, -0.2) is 37.0 Å². The quantitative estimate of drug-likeness (QED) is 0.907. The molecule has 0 atom stereocenters. The average molecular weight is 311 g/mol. The summed E-state index contributed by atoms with van der Waals surface area (Å²) in [6.45, 7) is 8.17. The number of piperidine rings is 1. The van der Waals surface area contributed by atoms with Crippen molar-refractivity contribution in [3.05, 3.63) is 35.4 Å². The van der Waals surface area contributed by atoms with Crippen molar-refractivity contribution in [3.8, 4) is 0 Å². The molecule has 1 aromatic carbocycles. The lowest BCUT2D eigenvalue weighted by atomic mass is 9.96. The molecule has 0 aromatic heterocycles. The van der Waals surface area contributed by atoms with Crippen LogP contribution in [0.3, 0.4) is 0 Å². The number of halogens is 1. The van der Waals surface area contributed by atoms with E-state index >= 15 is 0 Å². The molecule has 1 heterocycles. The first-order chi connectivity index (χ1) is 9.69. The first-order valence-electron chi connectivity index (χ1n) is 7.73. The summed E-state index contributed by atoms with van der Waals surface area (Å²) in [4.78, 5) is 14.3.